The molecular weight excluding hydrogens is 257 g/mol. The van der Waals surface area contributed by atoms with Crippen molar-refractivity contribution < 1.29 is 9.13 Å². The maximum absolute atomic E-state index is 13.4. The Labute approximate surface area is 117 Å². The van der Waals surface area contributed by atoms with Gasteiger partial charge in [0.1, 0.15) is 11.6 Å². The van der Waals surface area contributed by atoms with Crippen molar-refractivity contribution in [1.82, 2.24) is 14.9 Å². The van der Waals surface area contributed by atoms with Crippen molar-refractivity contribution in [2.24, 2.45) is 0 Å². The number of nitrogens with zero attached hydrogens (tertiary/aromatic N) is 2. The molecule has 1 aliphatic heterocycles. The summed E-state index contributed by atoms with van der Waals surface area (Å²) in [5.41, 5.74) is 1.74. The second-order valence-electron chi connectivity index (χ2n) is 5.29. The van der Waals surface area contributed by atoms with E-state index in [2.05, 4.69) is 21.8 Å². The van der Waals surface area contributed by atoms with E-state index in [1.54, 1.807) is 0 Å². The summed E-state index contributed by atoms with van der Waals surface area (Å²) in [5, 5.41) is 3.29. The Balaban J connectivity index is 2.11. The molecule has 20 heavy (non-hydrogen) atoms. The average molecular weight is 277 g/mol. The third-order valence-corrected chi connectivity index (χ3v) is 3.97. The smallest absolute Gasteiger partial charge is 0.125 e. The van der Waals surface area contributed by atoms with Crippen LogP contribution in [-0.4, -0.2) is 35.9 Å². The van der Waals surface area contributed by atoms with Gasteiger partial charge in [0, 0.05) is 18.7 Å². The number of fused-ring (bicyclic) bond motifs is 1. The molecule has 0 radical (unpaired) electrons. The second kappa shape index (κ2) is 5.50. The molecule has 2 atom stereocenters. The molecule has 0 saturated carbocycles. The first-order valence-corrected chi connectivity index (χ1v) is 7.15. The van der Waals surface area contributed by atoms with Gasteiger partial charge in [0.15, 0.2) is 0 Å². The molecule has 2 heterocycles. The number of halogens is 1. The minimum absolute atomic E-state index is 0.224. The van der Waals surface area contributed by atoms with E-state index in [9.17, 15) is 4.39 Å². The Morgan fingerprint density at radius 2 is 2.30 bits per heavy atom. The molecule has 3 rings (SSSR count). The number of imidazole rings is 1. The molecule has 1 aromatic heterocycles. The van der Waals surface area contributed by atoms with Gasteiger partial charge in [-0.2, -0.15) is 0 Å². The van der Waals surface area contributed by atoms with E-state index in [1.165, 1.54) is 12.1 Å². The summed E-state index contributed by atoms with van der Waals surface area (Å²) in [6.07, 6.45) is 1.02. The lowest BCUT2D eigenvalue weighted by atomic mass is 10.0. The molecule has 0 spiro atoms. The second-order valence-corrected chi connectivity index (χ2v) is 5.29. The summed E-state index contributed by atoms with van der Waals surface area (Å²) in [5.74, 6) is 0.990. The normalized spacial score (nSPS) is 22.8. The zero-order valence-corrected chi connectivity index (χ0v) is 11.9. The van der Waals surface area contributed by atoms with Gasteiger partial charge in [0.25, 0.3) is 0 Å². The highest BCUT2D eigenvalue weighted by atomic mass is 19.1. The van der Waals surface area contributed by atoms with E-state index >= 15 is 0 Å². The standard InChI is InChI=1S/C15H20FN3O/c1-3-6-19-14-5-4-10(16)7-12(14)18-15(19)11-8-20-9-13(11)17-2/h4-5,7,11,13,17H,3,6,8-9H2,1-2H3. The van der Waals surface area contributed by atoms with Crippen LogP contribution in [0.1, 0.15) is 25.1 Å². The summed E-state index contributed by atoms with van der Waals surface area (Å²) in [7, 11) is 1.94. The number of hydrogen-bond donors (Lipinski definition) is 1. The highest BCUT2D eigenvalue weighted by Gasteiger charge is 2.32. The number of rotatable bonds is 4. The minimum atomic E-state index is -0.238. The van der Waals surface area contributed by atoms with Crippen molar-refractivity contribution in [3.05, 3.63) is 29.8 Å². The summed E-state index contributed by atoms with van der Waals surface area (Å²) in [6, 6.07) is 5.10. The Hall–Kier alpha value is -1.46. The molecule has 2 unspecified atom stereocenters. The Morgan fingerprint density at radius 1 is 1.45 bits per heavy atom. The lowest BCUT2D eigenvalue weighted by molar-refractivity contribution is 0.187. The first-order chi connectivity index (χ1) is 9.74. The van der Waals surface area contributed by atoms with Crippen LogP contribution >= 0.6 is 0 Å². The predicted octanol–water partition coefficient (Wildman–Crippen LogP) is 2.29. The minimum Gasteiger partial charge on any atom is -0.379 e. The summed E-state index contributed by atoms with van der Waals surface area (Å²) in [4.78, 5) is 4.68. The van der Waals surface area contributed by atoms with E-state index in [1.807, 2.05) is 13.1 Å². The van der Waals surface area contributed by atoms with E-state index in [-0.39, 0.29) is 17.8 Å². The summed E-state index contributed by atoms with van der Waals surface area (Å²) in [6.45, 7) is 4.40. The van der Waals surface area contributed by atoms with E-state index in [4.69, 9.17) is 4.74 Å². The Kier molecular flexibility index (Phi) is 3.72. The average Bonchev–Trinajstić information content (AvgIpc) is 3.03. The number of likely N-dealkylation sites (N-methyl/N-ethyl adjacent to an activating group) is 1. The molecule has 1 aromatic carbocycles. The van der Waals surface area contributed by atoms with Crippen LogP contribution in [0.25, 0.3) is 11.0 Å². The van der Waals surface area contributed by atoms with E-state index in [0.29, 0.717) is 13.2 Å². The van der Waals surface area contributed by atoms with Gasteiger partial charge in [0.2, 0.25) is 0 Å². The molecule has 5 heteroatoms. The van der Waals surface area contributed by atoms with Crippen molar-refractivity contribution >= 4 is 11.0 Å². The Bertz CT molecular complexity index is 610. The molecule has 108 valence electrons. The maximum atomic E-state index is 13.4. The summed E-state index contributed by atoms with van der Waals surface area (Å²) < 4.78 is 21.2. The monoisotopic (exact) mass is 277 g/mol. The van der Waals surface area contributed by atoms with Crippen LogP contribution in [-0.2, 0) is 11.3 Å². The number of benzene rings is 1. The van der Waals surface area contributed by atoms with Gasteiger partial charge in [-0.05, 0) is 25.6 Å². The molecule has 2 aromatic rings. The van der Waals surface area contributed by atoms with Gasteiger partial charge in [0.05, 0.1) is 30.2 Å². The van der Waals surface area contributed by atoms with Crippen LogP contribution in [0, 0.1) is 5.82 Å². The zero-order valence-electron chi connectivity index (χ0n) is 11.9. The molecule has 4 nitrogen and oxygen atoms in total. The SMILES string of the molecule is CCCn1c(C2COCC2NC)nc2cc(F)ccc21. The number of hydrogen-bond acceptors (Lipinski definition) is 3. The fourth-order valence-corrected chi connectivity index (χ4v) is 2.96. The molecule has 1 fully saturated rings. The highest BCUT2D eigenvalue weighted by molar-refractivity contribution is 5.76. The number of ether oxygens (including phenoxy) is 1. The zero-order chi connectivity index (χ0) is 14.1. The molecule has 0 aliphatic carbocycles. The van der Waals surface area contributed by atoms with Gasteiger partial charge >= 0.3 is 0 Å². The third-order valence-electron chi connectivity index (χ3n) is 3.97. The molecule has 1 aliphatic rings. The first kappa shape index (κ1) is 13.5. The van der Waals surface area contributed by atoms with Gasteiger partial charge in [-0.15, -0.1) is 0 Å². The Morgan fingerprint density at radius 3 is 3.05 bits per heavy atom. The fraction of sp³-hybridized carbons (Fsp3) is 0.533. The number of aryl methyl sites for hydroxylation is 1. The molecule has 1 saturated heterocycles. The van der Waals surface area contributed by atoms with Gasteiger partial charge in [-0.1, -0.05) is 6.92 Å². The first-order valence-electron chi connectivity index (χ1n) is 7.15. The van der Waals surface area contributed by atoms with Crippen molar-refractivity contribution in [2.75, 3.05) is 20.3 Å². The van der Waals surface area contributed by atoms with Crippen molar-refractivity contribution in [3.8, 4) is 0 Å². The lowest BCUT2D eigenvalue weighted by Gasteiger charge is -2.18. The van der Waals surface area contributed by atoms with E-state index in [0.717, 1.165) is 29.8 Å². The lowest BCUT2D eigenvalue weighted by Crippen LogP contribution is -2.32. The molecule has 0 amide bonds. The van der Waals surface area contributed by atoms with E-state index < -0.39 is 0 Å². The molecule has 1 N–H and O–H groups in total. The molecule has 0 bridgehead atoms. The van der Waals surface area contributed by atoms with Crippen LogP contribution in [0.3, 0.4) is 0 Å². The highest BCUT2D eigenvalue weighted by Crippen LogP contribution is 2.29. The quantitative estimate of drug-likeness (QED) is 0.932. The van der Waals surface area contributed by atoms with Gasteiger partial charge in [-0.3, -0.25) is 0 Å². The number of aromatic nitrogens is 2. The van der Waals surface area contributed by atoms with Crippen LogP contribution in [0.2, 0.25) is 0 Å². The van der Waals surface area contributed by atoms with Crippen LogP contribution < -0.4 is 5.32 Å². The van der Waals surface area contributed by atoms with Crippen LogP contribution in [0.4, 0.5) is 4.39 Å². The van der Waals surface area contributed by atoms with Crippen LogP contribution in [0.15, 0.2) is 18.2 Å². The van der Waals surface area contributed by atoms with Crippen molar-refractivity contribution in [2.45, 2.75) is 31.8 Å². The van der Waals surface area contributed by atoms with Gasteiger partial charge in [-0.25, -0.2) is 9.37 Å². The van der Waals surface area contributed by atoms with Crippen molar-refractivity contribution in [1.29, 1.82) is 0 Å². The summed E-state index contributed by atoms with van der Waals surface area (Å²) >= 11 is 0. The maximum Gasteiger partial charge on any atom is 0.125 e. The number of nitrogens with one attached hydrogen (secondary N) is 1. The van der Waals surface area contributed by atoms with Crippen molar-refractivity contribution in [3.63, 3.8) is 0 Å². The fourth-order valence-electron chi connectivity index (χ4n) is 2.96. The predicted molar refractivity (Wildman–Crippen MR) is 76.4 cm³/mol. The topological polar surface area (TPSA) is 39.1 Å². The van der Waals surface area contributed by atoms with Crippen LogP contribution in [0.5, 0.6) is 0 Å². The van der Waals surface area contributed by atoms with Gasteiger partial charge < -0.3 is 14.6 Å². The third kappa shape index (κ3) is 2.21. The molecular formula is C15H20FN3O. The largest absolute Gasteiger partial charge is 0.379 e.